The lowest BCUT2D eigenvalue weighted by Crippen LogP contribution is -2.35. The molecule has 3 aromatic rings. The van der Waals surface area contributed by atoms with Gasteiger partial charge < -0.3 is 19.4 Å². The average Bonchev–Trinajstić information content (AvgIpc) is 3.08. The van der Waals surface area contributed by atoms with Gasteiger partial charge in [0.15, 0.2) is 17.3 Å². The van der Waals surface area contributed by atoms with Crippen LogP contribution < -0.4 is 14.8 Å². The molecule has 0 saturated carbocycles. The third kappa shape index (κ3) is 3.53. The fraction of sp³-hybridized carbons (Fsp3) is 0.333. The van der Waals surface area contributed by atoms with Gasteiger partial charge in [-0.15, -0.1) is 10.2 Å². The highest BCUT2D eigenvalue weighted by atomic mass is 16.6. The Morgan fingerprint density at radius 2 is 2.00 bits per heavy atom. The van der Waals surface area contributed by atoms with E-state index in [1.165, 1.54) is 0 Å². The number of rotatable bonds is 3. The molecule has 1 unspecified atom stereocenters. The first kappa shape index (κ1) is 17.7. The predicted octanol–water partition coefficient (Wildman–Crippen LogP) is 2.25. The van der Waals surface area contributed by atoms with Crippen LogP contribution in [0.1, 0.15) is 29.0 Å². The standard InChI is InChI=1S/C21H21N5O3/c27-21(14-3-5-17-18(12-14)29-11-10-28-17)23-16-4-6-19-24-25-20(26(19)9-7-16)15-2-1-8-22-13-15/h1-3,5,8,12-13,16H,4,6-7,9-11H2,(H,23,27). The number of fused-ring (bicyclic) bond motifs is 2. The number of amides is 1. The molecule has 5 rings (SSSR count). The summed E-state index contributed by atoms with van der Waals surface area (Å²) in [6, 6.07) is 9.25. The molecule has 0 radical (unpaired) electrons. The van der Waals surface area contributed by atoms with Crippen molar-refractivity contribution in [1.82, 2.24) is 25.1 Å². The molecule has 4 heterocycles. The van der Waals surface area contributed by atoms with Crippen LogP contribution in [0.4, 0.5) is 0 Å². The van der Waals surface area contributed by atoms with Crippen molar-refractivity contribution in [3.05, 3.63) is 54.1 Å². The van der Waals surface area contributed by atoms with Crippen molar-refractivity contribution >= 4 is 5.91 Å². The highest BCUT2D eigenvalue weighted by molar-refractivity contribution is 5.95. The lowest BCUT2D eigenvalue weighted by Gasteiger charge is -2.20. The van der Waals surface area contributed by atoms with Crippen molar-refractivity contribution in [2.75, 3.05) is 13.2 Å². The van der Waals surface area contributed by atoms with Gasteiger partial charge in [0.1, 0.15) is 19.0 Å². The fourth-order valence-electron chi connectivity index (χ4n) is 3.79. The van der Waals surface area contributed by atoms with Crippen LogP contribution in [-0.2, 0) is 13.0 Å². The van der Waals surface area contributed by atoms with Crippen LogP contribution in [0.25, 0.3) is 11.4 Å². The number of aromatic nitrogens is 4. The first-order valence-corrected chi connectivity index (χ1v) is 9.81. The number of benzene rings is 1. The summed E-state index contributed by atoms with van der Waals surface area (Å²) in [5.41, 5.74) is 1.53. The smallest absolute Gasteiger partial charge is 0.251 e. The molecule has 1 aromatic carbocycles. The number of nitrogens with zero attached hydrogens (tertiary/aromatic N) is 4. The second-order valence-corrected chi connectivity index (χ2v) is 7.19. The lowest BCUT2D eigenvalue weighted by atomic mass is 10.1. The minimum atomic E-state index is -0.0999. The van der Waals surface area contributed by atoms with Crippen LogP contribution in [0.15, 0.2) is 42.7 Å². The molecular weight excluding hydrogens is 370 g/mol. The van der Waals surface area contributed by atoms with E-state index in [1.54, 1.807) is 30.6 Å². The fourth-order valence-corrected chi connectivity index (χ4v) is 3.79. The molecule has 8 heteroatoms. The summed E-state index contributed by atoms with van der Waals surface area (Å²) in [5.74, 6) is 2.98. The van der Waals surface area contributed by atoms with Gasteiger partial charge >= 0.3 is 0 Å². The average molecular weight is 391 g/mol. The second-order valence-electron chi connectivity index (χ2n) is 7.19. The van der Waals surface area contributed by atoms with Gasteiger partial charge in [0.25, 0.3) is 5.91 Å². The van der Waals surface area contributed by atoms with Crippen LogP contribution in [0.3, 0.4) is 0 Å². The summed E-state index contributed by atoms with van der Waals surface area (Å²) in [6.45, 7) is 1.78. The van der Waals surface area contributed by atoms with E-state index < -0.39 is 0 Å². The van der Waals surface area contributed by atoms with Crippen LogP contribution >= 0.6 is 0 Å². The zero-order valence-electron chi connectivity index (χ0n) is 15.9. The Labute approximate surface area is 167 Å². The molecule has 148 valence electrons. The Morgan fingerprint density at radius 1 is 1.10 bits per heavy atom. The zero-order chi connectivity index (χ0) is 19.6. The van der Waals surface area contributed by atoms with E-state index >= 15 is 0 Å². The Kier molecular flexibility index (Phi) is 4.59. The van der Waals surface area contributed by atoms with E-state index in [2.05, 4.69) is 25.1 Å². The molecule has 2 aliphatic heterocycles. The van der Waals surface area contributed by atoms with E-state index in [1.807, 2.05) is 12.1 Å². The molecule has 0 bridgehead atoms. The number of nitrogens with one attached hydrogen (secondary N) is 1. The molecule has 2 aliphatic rings. The summed E-state index contributed by atoms with van der Waals surface area (Å²) in [7, 11) is 0. The Hall–Kier alpha value is -3.42. The molecule has 1 N–H and O–H groups in total. The van der Waals surface area contributed by atoms with Crippen molar-refractivity contribution in [2.24, 2.45) is 0 Å². The molecule has 2 aromatic heterocycles. The van der Waals surface area contributed by atoms with Crippen LogP contribution in [0, 0.1) is 0 Å². The monoisotopic (exact) mass is 391 g/mol. The molecule has 29 heavy (non-hydrogen) atoms. The Morgan fingerprint density at radius 3 is 2.86 bits per heavy atom. The molecule has 0 fully saturated rings. The summed E-state index contributed by atoms with van der Waals surface area (Å²) in [5, 5.41) is 11.9. The maximum absolute atomic E-state index is 12.8. The van der Waals surface area contributed by atoms with E-state index in [0.717, 1.165) is 43.0 Å². The number of hydrogen-bond donors (Lipinski definition) is 1. The van der Waals surface area contributed by atoms with E-state index in [4.69, 9.17) is 9.47 Å². The summed E-state index contributed by atoms with van der Waals surface area (Å²) >= 11 is 0. The molecule has 8 nitrogen and oxygen atoms in total. The number of carbonyl (C=O) groups excluding carboxylic acids is 1. The van der Waals surface area contributed by atoms with Gasteiger partial charge in [0.2, 0.25) is 0 Å². The molecule has 0 spiro atoms. The first-order valence-electron chi connectivity index (χ1n) is 9.81. The van der Waals surface area contributed by atoms with E-state index in [0.29, 0.717) is 30.3 Å². The molecule has 1 amide bonds. The Balaban J connectivity index is 1.28. The maximum Gasteiger partial charge on any atom is 0.251 e. The predicted molar refractivity (Wildman–Crippen MR) is 105 cm³/mol. The first-order chi connectivity index (χ1) is 14.3. The number of aryl methyl sites for hydroxylation is 1. The van der Waals surface area contributed by atoms with Gasteiger partial charge in [-0.1, -0.05) is 0 Å². The summed E-state index contributed by atoms with van der Waals surface area (Å²) in [6.07, 6.45) is 5.94. The van der Waals surface area contributed by atoms with Gasteiger partial charge in [-0.05, 0) is 43.2 Å². The summed E-state index contributed by atoms with van der Waals surface area (Å²) in [4.78, 5) is 16.9. The largest absolute Gasteiger partial charge is 0.486 e. The number of hydrogen-bond acceptors (Lipinski definition) is 6. The maximum atomic E-state index is 12.8. The van der Waals surface area contributed by atoms with Crippen LogP contribution in [-0.4, -0.2) is 44.9 Å². The summed E-state index contributed by atoms with van der Waals surface area (Å²) < 4.78 is 13.2. The molecular formula is C21H21N5O3. The topological polar surface area (TPSA) is 91.2 Å². The normalized spacial score (nSPS) is 17.9. The third-order valence-corrected chi connectivity index (χ3v) is 5.30. The lowest BCUT2D eigenvalue weighted by molar-refractivity contribution is 0.0931. The van der Waals surface area contributed by atoms with Gasteiger partial charge in [-0.2, -0.15) is 0 Å². The third-order valence-electron chi connectivity index (χ3n) is 5.30. The number of pyridine rings is 1. The molecule has 0 saturated heterocycles. The van der Waals surface area contributed by atoms with E-state index in [9.17, 15) is 4.79 Å². The van der Waals surface area contributed by atoms with Crippen molar-refractivity contribution in [2.45, 2.75) is 31.8 Å². The van der Waals surface area contributed by atoms with E-state index in [-0.39, 0.29) is 11.9 Å². The van der Waals surface area contributed by atoms with Gasteiger partial charge in [-0.25, -0.2) is 0 Å². The van der Waals surface area contributed by atoms with Gasteiger partial charge in [0.05, 0.1) is 0 Å². The Bertz CT molecular complexity index is 1030. The number of carbonyl (C=O) groups is 1. The van der Waals surface area contributed by atoms with Gasteiger partial charge in [0, 0.05) is 42.5 Å². The van der Waals surface area contributed by atoms with Crippen molar-refractivity contribution in [1.29, 1.82) is 0 Å². The van der Waals surface area contributed by atoms with Crippen LogP contribution in [0.5, 0.6) is 11.5 Å². The molecule has 0 aliphatic carbocycles. The highest BCUT2D eigenvalue weighted by Gasteiger charge is 2.23. The van der Waals surface area contributed by atoms with Crippen molar-refractivity contribution in [3.63, 3.8) is 0 Å². The second kappa shape index (κ2) is 7.54. The van der Waals surface area contributed by atoms with Crippen molar-refractivity contribution < 1.29 is 14.3 Å². The highest BCUT2D eigenvalue weighted by Crippen LogP contribution is 2.31. The minimum Gasteiger partial charge on any atom is -0.486 e. The number of ether oxygens (including phenoxy) is 2. The quantitative estimate of drug-likeness (QED) is 0.736. The van der Waals surface area contributed by atoms with Gasteiger partial charge in [-0.3, -0.25) is 9.78 Å². The zero-order valence-corrected chi connectivity index (χ0v) is 15.9. The van der Waals surface area contributed by atoms with Crippen LogP contribution in [0.2, 0.25) is 0 Å². The SMILES string of the molecule is O=C(NC1CCc2nnc(-c3cccnc3)n2CC1)c1ccc2c(c1)OCCO2. The molecule has 1 atom stereocenters. The van der Waals surface area contributed by atoms with Crippen molar-refractivity contribution in [3.8, 4) is 22.9 Å². The minimum absolute atomic E-state index is 0.0687.